The monoisotopic (exact) mass is 353 g/mol. The second kappa shape index (κ2) is 8.74. The van der Waals surface area contributed by atoms with Crippen LogP contribution in [0, 0.1) is 0 Å². The van der Waals surface area contributed by atoms with Gasteiger partial charge >= 0.3 is 0 Å². The van der Waals surface area contributed by atoms with Crippen LogP contribution in [0.3, 0.4) is 0 Å². The molecule has 1 heterocycles. The third-order valence-electron chi connectivity index (χ3n) is 4.73. The Balaban J connectivity index is 1.49. The first kappa shape index (κ1) is 18.3. The summed E-state index contributed by atoms with van der Waals surface area (Å²) in [6.07, 6.45) is 8.14. The number of rotatable bonds is 7. The minimum absolute atomic E-state index is 0.0829. The minimum Gasteiger partial charge on any atom is -0.354 e. The number of aromatic nitrogens is 4. The van der Waals surface area contributed by atoms with Crippen molar-refractivity contribution in [2.24, 2.45) is 0 Å². The molecule has 138 valence electrons. The van der Waals surface area contributed by atoms with Crippen molar-refractivity contribution < 1.29 is 4.79 Å². The molecule has 0 unspecified atom stereocenters. The van der Waals surface area contributed by atoms with Crippen molar-refractivity contribution >= 4 is 5.91 Å². The van der Waals surface area contributed by atoms with Gasteiger partial charge in [-0.25, -0.2) is 0 Å². The van der Waals surface area contributed by atoms with Gasteiger partial charge < -0.3 is 5.32 Å². The van der Waals surface area contributed by atoms with Gasteiger partial charge in [0, 0.05) is 12.1 Å². The average Bonchev–Trinajstić information content (AvgIpc) is 3.11. The van der Waals surface area contributed by atoms with E-state index >= 15 is 0 Å². The highest BCUT2D eigenvalue weighted by molar-refractivity contribution is 5.75. The topological polar surface area (TPSA) is 72.7 Å². The standard InChI is InChI=1S/C20H27N5O/c1-15(2)17-8-10-18(11-9-17)20-22-24-25(23-20)14-19(26)21-13-12-16-6-4-3-5-7-16/h6,8-11,15H,3-5,7,12-14H2,1-2H3,(H,21,26). The summed E-state index contributed by atoms with van der Waals surface area (Å²) in [7, 11) is 0. The van der Waals surface area contributed by atoms with Crippen molar-refractivity contribution in [2.75, 3.05) is 6.54 Å². The number of hydrogen-bond acceptors (Lipinski definition) is 4. The summed E-state index contributed by atoms with van der Waals surface area (Å²) in [6.45, 7) is 5.08. The number of hydrogen-bond donors (Lipinski definition) is 1. The zero-order valence-electron chi connectivity index (χ0n) is 15.6. The summed E-state index contributed by atoms with van der Waals surface area (Å²) in [5, 5.41) is 15.3. The van der Waals surface area contributed by atoms with Crippen molar-refractivity contribution in [3.05, 3.63) is 41.5 Å². The van der Waals surface area contributed by atoms with Gasteiger partial charge in [0.2, 0.25) is 11.7 Å². The average molecular weight is 353 g/mol. The number of amides is 1. The Morgan fingerprint density at radius 2 is 2.04 bits per heavy atom. The molecule has 6 nitrogen and oxygen atoms in total. The Morgan fingerprint density at radius 3 is 2.73 bits per heavy atom. The minimum atomic E-state index is -0.0829. The maximum Gasteiger partial charge on any atom is 0.243 e. The molecule has 1 amide bonds. The molecule has 1 aromatic carbocycles. The Kier molecular flexibility index (Phi) is 6.15. The van der Waals surface area contributed by atoms with Crippen LogP contribution in [0.1, 0.15) is 57.4 Å². The molecule has 0 spiro atoms. The molecule has 0 saturated heterocycles. The number of nitrogens with zero attached hydrogens (tertiary/aromatic N) is 4. The number of allylic oxidation sites excluding steroid dienone is 1. The lowest BCUT2D eigenvalue weighted by atomic mass is 9.97. The normalized spacial score (nSPS) is 14.3. The van der Waals surface area contributed by atoms with E-state index in [1.807, 2.05) is 12.1 Å². The van der Waals surface area contributed by atoms with E-state index in [1.54, 1.807) is 0 Å². The van der Waals surface area contributed by atoms with Crippen molar-refractivity contribution in [1.82, 2.24) is 25.5 Å². The molecule has 6 heteroatoms. The van der Waals surface area contributed by atoms with Gasteiger partial charge in [0.1, 0.15) is 6.54 Å². The number of nitrogens with one attached hydrogen (secondary N) is 1. The lowest BCUT2D eigenvalue weighted by Crippen LogP contribution is -2.29. The number of carbonyl (C=O) groups is 1. The first-order valence-electron chi connectivity index (χ1n) is 9.44. The molecule has 1 aliphatic carbocycles. The quantitative estimate of drug-likeness (QED) is 0.774. The van der Waals surface area contributed by atoms with Gasteiger partial charge in [0.05, 0.1) is 0 Å². The molecule has 1 aliphatic rings. The first-order valence-corrected chi connectivity index (χ1v) is 9.44. The highest BCUT2D eigenvalue weighted by Gasteiger charge is 2.10. The molecular formula is C20H27N5O. The third-order valence-corrected chi connectivity index (χ3v) is 4.73. The zero-order valence-corrected chi connectivity index (χ0v) is 15.6. The fraction of sp³-hybridized carbons (Fsp3) is 0.500. The molecule has 0 atom stereocenters. The molecule has 1 N–H and O–H groups in total. The van der Waals surface area contributed by atoms with E-state index in [9.17, 15) is 4.79 Å². The summed E-state index contributed by atoms with van der Waals surface area (Å²) >= 11 is 0. The first-order chi connectivity index (χ1) is 12.6. The fourth-order valence-electron chi connectivity index (χ4n) is 3.12. The lowest BCUT2D eigenvalue weighted by Gasteiger charge is -2.12. The Hall–Kier alpha value is -2.50. The molecule has 26 heavy (non-hydrogen) atoms. The van der Waals surface area contributed by atoms with Gasteiger partial charge in [-0.1, -0.05) is 49.8 Å². The predicted molar refractivity (Wildman–Crippen MR) is 102 cm³/mol. The van der Waals surface area contributed by atoms with Gasteiger partial charge in [-0.15, -0.1) is 10.2 Å². The van der Waals surface area contributed by atoms with Gasteiger partial charge in [-0.3, -0.25) is 4.79 Å². The Labute approximate surface area is 154 Å². The lowest BCUT2D eigenvalue weighted by molar-refractivity contribution is -0.122. The predicted octanol–water partition coefficient (Wildman–Crippen LogP) is 3.47. The van der Waals surface area contributed by atoms with Gasteiger partial charge in [-0.05, 0) is 48.8 Å². The molecule has 0 radical (unpaired) electrons. The third kappa shape index (κ3) is 5.00. The zero-order chi connectivity index (χ0) is 18.4. The van der Waals surface area contributed by atoms with E-state index in [0.29, 0.717) is 18.3 Å². The SMILES string of the molecule is CC(C)c1ccc(-c2nnn(CC(=O)NCCC3=CCCCC3)n2)cc1. The van der Waals surface area contributed by atoms with E-state index in [-0.39, 0.29) is 12.5 Å². The second-order valence-corrected chi connectivity index (χ2v) is 7.13. The summed E-state index contributed by atoms with van der Waals surface area (Å²) in [6, 6.07) is 8.14. The van der Waals surface area contributed by atoms with E-state index in [2.05, 4.69) is 52.8 Å². The molecule has 0 aliphatic heterocycles. The van der Waals surface area contributed by atoms with Crippen LogP contribution in [0.4, 0.5) is 0 Å². The largest absolute Gasteiger partial charge is 0.354 e. The highest BCUT2D eigenvalue weighted by atomic mass is 16.2. The molecule has 1 aromatic heterocycles. The summed E-state index contributed by atoms with van der Waals surface area (Å²) in [5.74, 6) is 0.946. The van der Waals surface area contributed by atoms with Crippen LogP contribution in [0.2, 0.25) is 0 Å². The smallest absolute Gasteiger partial charge is 0.243 e. The maximum atomic E-state index is 12.1. The number of benzene rings is 1. The molecule has 2 aromatic rings. The van der Waals surface area contributed by atoms with E-state index < -0.39 is 0 Å². The summed E-state index contributed by atoms with van der Waals surface area (Å²) < 4.78 is 0. The second-order valence-electron chi connectivity index (χ2n) is 7.13. The van der Waals surface area contributed by atoms with Gasteiger partial charge in [-0.2, -0.15) is 4.80 Å². The van der Waals surface area contributed by atoms with Crippen LogP contribution in [-0.4, -0.2) is 32.7 Å². The van der Waals surface area contributed by atoms with Crippen molar-refractivity contribution in [3.63, 3.8) is 0 Å². The van der Waals surface area contributed by atoms with Crippen LogP contribution in [0.15, 0.2) is 35.9 Å². The molecular weight excluding hydrogens is 326 g/mol. The number of carbonyl (C=O) groups excluding carboxylic acids is 1. The maximum absolute atomic E-state index is 12.1. The molecule has 0 saturated carbocycles. The van der Waals surface area contributed by atoms with Crippen molar-refractivity contribution in [3.8, 4) is 11.4 Å². The van der Waals surface area contributed by atoms with Crippen molar-refractivity contribution in [2.45, 2.75) is 58.4 Å². The van der Waals surface area contributed by atoms with Crippen LogP contribution in [0.25, 0.3) is 11.4 Å². The highest BCUT2D eigenvalue weighted by Crippen LogP contribution is 2.20. The Bertz CT molecular complexity index is 761. The summed E-state index contributed by atoms with van der Waals surface area (Å²) in [4.78, 5) is 13.4. The van der Waals surface area contributed by atoms with Gasteiger partial charge in [0.25, 0.3) is 0 Å². The van der Waals surface area contributed by atoms with Crippen LogP contribution in [-0.2, 0) is 11.3 Å². The molecule has 0 bridgehead atoms. The van der Waals surface area contributed by atoms with Crippen molar-refractivity contribution in [1.29, 1.82) is 0 Å². The van der Waals surface area contributed by atoms with E-state index in [4.69, 9.17) is 0 Å². The molecule has 3 rings (SSSR count). The van der Waals surface area contributed by atoms with Gasteiger partial charge in [0.15, 0.2) is 0 Å². The summed E-state index contributed by atoms with van der Waals surface area (Å²) in [5.41, 5.74) is 3.64. The van der Waals surface area contributed by atoms with Crippen LogP contribution in [0.5, 0.6) is 0 Å². The molecule has 0 fully saturated rings. The van der Waals surface area contributed by atoms with E-state index in [1.165, 1.54) is 41.6 Å². The Morgan fingerprint density at radius 1 is 1.23 bits per heavy atom. The van der Waals surface area contributed by atoms with E-state index in [0.717, 1.165) is 12.0 Å². The number of tetrazole rings is 1. The van der Waals surface area contributed by atoms with Crippen LogP contribution < -0.4 is 5.32 Å². The fourth-order valence-corrected chi connectivity index (χ4v) is 3.12. The van der Waals surface area contributed by atoms with Crippen LogP contribution >= 0.6 is 0 Å².